The maximum absolute atomic E-state index is 13.0. The molecule has 2 atom stereocenters. The number of nitrogens with zero attached hydrogens (tertiary/aromatic N) is 2. The molecule has 0 spiro atoms. The summed E-state index contributed by atoms with van der Waals surface area (Å²) < 4.78 is 0. The minimum absolute atomic E-state index is 0.0779. The molecule has 0 aromatic heterocycles. The first-order valence-electron chi connectivity index (χ1n) is 9.77. The van der Waals surface area contributed by atoms with E-state index in [4.69, 9.17) is 5.73 Å². The average Bonchev–Trinajstić information content (AvgIpc) is 2.69. The summed E-state index contributed by atoms with van der Waals surface area (Å²) in [6.45, 7) is 5.34. The number of piperazine rings is 1. The van der Waals surface area contributed by atoms with Crippen molar-refractivity contribution in [2.75, 3.05) is 45.5 Å². The number of carbonyl (C=O) groups is 1. The quantitative estimate of drug-likeness (QED) is 0.817. The number of benzene rings is 2. The van der Waals surface area contributed by atoms with Crippen molar-refractivity contribution in [3.63, 3.8) is 0 Å². The first-order valence-corrected chi connectivity index (χ1v) is 9.77. The standard InChI is InChI=1S/C22H28N4O/c1-25-12-14-26(15-13-25)11-10-20-18-4-2-3-5-19(18)21(24-22(20)27)16-6-8-17(23)9-7-16/h2-9,20-21H,10-15,23H2,1H3,(H,24,27). The van der Waals surface area contributed by atoms with Crippen LogP contribution in [0, 0.1) is 0 Å². The minimum Gasteiger partial charge on any atom is -0.399 e. The summed E-state index contributed by atoms with van der Waals surface area (Å²) in [5, 5.41) is 3.25. The zero-order valence-corrected chi connectivity index (χ0v) is 15.9. The van der Waals surface area contributed by atoms with Gasteiger partial charge in [0.25, 0.3) is 0 Å². The summed E-state index contributed by atoms with van der Waals surface area (Å²) >= 11 is 0. The van der Waals surface area contributed by atoms with Crippen LogP contribution in [0.25, 0.3) is 0 Å². The van der Waals surface area contributed by atoms with Crippen LogP contribution in [0.2, 0.25) is 0 Å². The third-order valence-corrected chi connectivity index (χ3v) is 5.89. The van der Waals surface area contributed by atoms with Gasteiger partial charge in [-0.2, -0.15) is 0 Å². The number of rotatable bonds is 4. The lowest BCUT2D eigenvalue weighted by Crippen LogP contribution is -2.46. The summed E-state index contributed by atoms with van der Waals surface area (Å²) in [5.74, 6) is 0.0514. The Kier molecular flexibility index (Phi) is 5.14. The monoisotopic (exact) mass is 364 g/mol. The van der Waals surface area contributed by atoms with Crippen LogP contribution >= 0.6 is 0 Å². The Bertz CT molecular complexity index is 796. The Labute approximate surface area is 161 Å². The molecule has 5 heteroatoms. The van der Waals surface area contributed by atoms with Gasteiger partial charge in [-0.05, 0) is 48.8 Å². The Morgan fingerprint density at radius 3 is 2.37 bits per heavy atom. The number of amides is 1. The van der Waals surface area contributed by atoms with Crippen molar-refractivity contribution in [3.8, 4) is 0 Å². The molecule has 2 heterocycles. The summed E-state index contributed by atoms with van der Waals surface area (Å²) in [6.07, 6.45) is 0.862. The smallest absolute Gasteiger partial charge is 0.228 e. The van der Waals surface area contributed by atoms with Crippen molar-refractivity contribution in [1.82, 2.24) is 15.1 Å². The molecule has 0 saturated carbocycles. The van der Waals surface area contributed by atoms with E-state index in [9.17, 15) is 4.79 Å². The number of carbonyl (C=O) groups excluding carboxylic acids is 1. The van der Waals surface area contributed by atoms with Crippen molar-refractivity contribution in [2.45, 2.75) is 18.4 Å². The molecule has 4 rings (SSSR count). The second-order valence-corrected chi connectivity index (χ2v) is 7.72. The SMILES string of the molecule is CN1CCN(CCC2C(=O)NC(c3ccc(N)cc3)c3ccccc32)CC1. The Morgan fingerprint density at radius 2 is 1.67 bits per heavy atom. The zero-order chi connectivity index (χ0) is 18.8. The molecule has 2 unspecified atom stereocenters. The van der Waals surface area contributed by atoms with E-state index in [2.05, 4.69) is 40.4 Å². The fourth-order valence-corrected chi connectivity index (χ4v) is 4.17. The van der Waals surface area contributed by atoms with Gasteiger partial charge in [0.05, 0.1) is 12.0 Å². The molecule has 0 aliphatic carbocycles. The zero-order valence-electron chi connectivity index (χ0n) is 15.9. The number of nitrogens with one attached hydrogen (secondary N) is 1. The number of fused-ring (bicyclic) bond motifs is 1. The van der Waals surface area contributed by atoms with Crippen molar-refractivity contribution in [3.05, 3.63) is 65.2 Å². The predicted molar refractivity (Wildman–Crippen MR) is 109 cm³/mol. The highest BCUT2D eigenvalue weighted by atomic mass is 16.2. The molecular weight excluding hydrogens is 336 g/mol. The Balaban J connectivity index is 1.54. The second kappa shape index (κ2) is 7.71. The lowest BCUT2D eigenvalue weighted by molar-refractivity contribution is -0.124. The molecule has 1 fully saturated rings. The van der Waals surface area contributed by atoms with Crippen molar-refractivity contribution >= 4 is 11.6 Å². The molecule has 2 aliphatic rings. The molecule has 0 radical (unpaired) electrons. The second-order valence-electron chi connectivity index (χ2n) is 7.72. The van der Waals surface area contributed by atoms with E-state index >= 15 is 0 Å². The fraction of sp³-hybridized carbons (Fsp3) is 0.409. The van der Waals surface area contributed by atoms with Crippen molar-refractivity contribution in [2.24, 2.45) is 0 Å². The van der Waals surface area contributed by atoms with Crippen LogP contribution in [0.5, 0.6) is 0 Å². The Morgan fingerprint density at radius 1 is 1.00 bits per heavy atom. The third kappa shape index (κ3) is 3.84. The number of hydrogen-bond acceptors (Lipinski definition) is 4. The number of nitrogens with two attached hydrogens (primary N) is 1. The summed E-state index contributed by atoms with van der Waals surface area (Å²) in [7, 11) is 2.17. The van der Waals surface area contributed by atoms with Crippen LogP contribution in [-0.2, 0) is 4.79 Å². The molecule has 142 valence electrons. The minimum atomic E-state index is -0.103. The molecule has 1 saturated heterocycles. The van der Waals surface area contributed by atoms with Gasteiger partial charge >= 0.3 is 0 Å². The molecular formula is C22H28N4O. The number of hydrogen-bond donors (Lipinski definition) is 2. The molecule has 3 N–H and O–H groups in total. The van der Waals surface area contributed by atoms with Gasteiger partial charge in [0.15, 0.2) is 0 Å². The first-order chi connectivity index (χ1) is 13.1. The number of anilines is 1. The van der Waals surface area contributed by atoms with Gasteiger partial charge in [0.2, 0.25) is 5.91 Å². The molecule has 0 bridgehead atoms. The van der Waals surface area contributed by atoms with E-state index in [0.717, 1.165) is 56.0 Å². The fourth-order valence-electron chi connectivity index (χ4n) is 4.17. The normalized spacial score (nSPS) is 23.7. The van der Waals surface area contributed by atoms with Gasteiger partial charge in [-0.25, -0.2) is 0 Å². The Hall–Kier alpha value is -2.37. The highest BCUT2D eigenvalue weighted by Crippen LogP contribution is 2.36. The van der Waals surface area contributed by atoms with Crippen molar-refractivity contribution in [1.29, 1.82) is 0 Å². The van der Waals surface area contributed by atoms with Crippen LogP contribution in [0.1, 0.15) is 35.1 Å². The van der Waals surface area contributed by atoms with E-state index in [1.54, 1.807) is 0 Å². The maximum atomic E-state index is 13.0. The summed E-state index contributed by atoms with van der Waals surface area (Å²) in [5.41, 5.74) is 9.99. The highest BCUT2D eigenvalue weighted by Gasteiger charge is 2.33. The van der Waals surface area contributed by atoms with E-state index in [1.165, 1.54) is 5.56 Å². The van der Waals surface area contributed by atoms with Gasteiger partial charge in [0.1, 0.15) is 0 Å². The van der Waals surface area contributed by atoms with Gasteiger partial charge in [0, 0.05) is 31.9 Å². The van der Waals surface area contributed by atoms with Crippen LogP contribution in [-0.4, -0.2) is 55.5 Å². The van der Waals surface area contributed by atoms with Gasteiger partial charge in [-0.3, -0.25) is 4.79 Å². The largest absolute Gasteiger partial charge is 0.399 e. The molecule has 2 aliphatic heterocycles. The molecule has 2 aromatic rings. The van der Waals surface area contributed by atoms with E-state index in [-0.39, 0.29) is 17.9 Å². The van der Waals surface area contributed by atoms with Crippen LogP contribution in [0.4, 0.5) is 5.69 Å². The molecule has 5 nitrogen and oxygen atoms in total. The molecule has 1 amide bonds. The van der Waals surface area contributed by atoms with Gasteiger partial charge in [-0.15, -0.1) is 0 Å². The highest BCUT2D eigenvalue weighted by molar-refractivity contribution is 5.87. The summed E-state index contributed by atoms with van der Waals surface area (Å²) in [6, 6.07) is 16.0. The predicted octanol–water partition coefficient (Wildman–Crippen LogP) is 2.21. The van der Waals surface area contributed by atoms with E-state index in [1.807, 2.05) is 30.3 Å². The third-order valence-electron chi connectivity index (χ3n) is 5.89. The first kappa shape index (κ1) is 18.0. The van der Waals surface area contributed by atoms with Gasteiger partial charge in [-0.1, -0.05) is 36.4 Å². The molecule has 2 aromatic carbocycles. The van der Waals surface area contributed by atoms with Crippen molar-refractivity contribution < 1.29 is 4.79 Å². The average molecular weight is 364 g/mol. The number of likely N-dealkylation sites (N-methyl/N-ethyl adjacent to an activating group) is 1. The lowest BCUT2D eigenvalue weighted by atomic mass is 9.82. The van der Waals surface area contributed by atoms with E-state index < -0.39 is 0 Å². The number of nitrogen functional groups attached to an aromatic ring is 1. The summed E-state index contributed by atoms with van der Waals surface area (Å²) in [4.78, 5) is 17.8. The molecule has 27 heavy (non-hydrogen) atoms. The van der Waals surface area contributed by atoms with Crippen LogP contribution < -0.4 is 11.1 Å². The van der Waals surface area contributed by atoms with E-state index in [0.29, 0.717) is 0 Å². The maximum Gasteiger partial charge on any atom is 0.228 e. The lowest BCUT2D eigenvalue weighted by Gasteiger charge is -2.35. The van der Waals surface area contributed by atoms with Crippen LogP contribution in [0.3, 0.4) is 0 Å². The van der Waals surface area contributed by atoms with Crippen LogP contribution in [0.15, 0.2) is 48.5 Å². The topological polar surface area (TPSA) is 61.6 Å². The van der Waals surface area contributed by atoms with Gasteiger partial charge < -0.3 is 20.9 Å².